The Hall–Kier alpha value is -4.06. The van der Waals surface area contributed by atoms with Crippen LogP contribution in [0.2, 0.25) is 0 Å². The average molecular weight is 413 g/mol. The van der Waals surface area contributed by atoms with Gasteiger partial charge in [0, 0.05) is 34.7 Å². The SMILES string of the molecule is O=C(Nc1ccc2ncccc2c1)c1cc2cc(F)ccc2n1Cc1cccc(F)c1. The van der Waals surface area contributed by atoms with Gasteiger partial charge in [-0.2, -0.15) is 0 Å². The number of fused-ring (bicyclic) bond motifs is 2. The lowest BCUT2D eigenvalue weighted by atomic mass is 10.2. The molecule has 1 N–H and O–H groups in total. The van der Waals surface area contributed by atoms with Crippen LogP contribution in [0.3, 0.4) is 0 Å². The Kier molecular flexibility index (Phi) is 4.67. The number of nitrogens with one attached hydrogen (secondary N) is 1. The van der Waals surface area contributed by atoms with Gasteiger partial charge >= 0.3 is 0 Å². The maximum absolute atomic E-state index is 13.8. The maximum Gasteiger partial charge on any atom is 0.272 e. The average Bonchev–Trinajstić information content (AvgIpc) is 3.11. The van der Waals surface area contributed by atoms with Crippen molar-refractivity contribution >= 4 is 33.4 Å². The van der Waals surface area contributed by atoms with Crippen LogP contribution in [-0.4, -0.2) is 15.5 Å². The number of aromatic nitrogens is 2. The molecule has 0 spiro atoms. The highest BCUT2D eigenvalue weighted by Crippen LogP contribution is 2.24. The number of halogens is 2. The Balaban J connectivity index is 1.54. The quantitative estimate of drug-likeness (QED) is 0.407. The Morgan fingerprint density at radius 1 is 0.871 bits per heavy atom. The second-order valence-corrected chi connectivity index (χ2v) is 7.31. The Morgan fingerprint density at radius 3 is 2.61 bits per heavy atom. The molecule has 1 amide bonds. The summed E-state index contributed by atoms with van der Waals surface area (Å²) in [5.74, 6) is -1.07. The van der Waals surface area contributed by atoms with E-state index < -0.39 is 0 Å². The maximum atomic E-state index is 13.8. The van der Waals surface area contributed by atoms with Gasteiger partial charge < -0.3 is 9.88 Å². The van der Waals surface area contributed by atoms with Gasteiger partial charge in [-0.3, -0.25) is 9.78 Å². The minimum atomic E-state index is -0.385. The van der Waals surface area contributed by atoms with Gasteiger partial charge in [0.1, 0.15) is 17.3 Å². The largest absolute Gasteiger partial charge is 0.332 e. The van der Waals surface area contributed by atoms with Gasteiger partial charge in [-0.15, -0.1) is 0 Å². The molecule has 0 aliphatic carbocycles. The standard InChI is InChI=1S/C25H17F2N3O/c26-19-5-1-3-16(11-19)15-30-23-9-6-20(27)12-18(23)14-24(30)25(31)29-21-7-8-22-17(13-21)4-2-10-28-22/h1-14H,15H2,(H,29,31). The molecule has 2 heterocycles. The number of carbonyl (C=O) groups is 1. The van der Waals surface area contributed by atoms with E-state index in [0.717, 1.165) is 10.9 Å². The molecule has 6 heteroatoms. The molecular weight excluding hydrogens is 396 g/mol. The van der Waals surface area contributed by atoms with E-state index in [4.69, 9.17) is 0 Å². The molecule has 3 aromatic carbocycles. The van der Waals surface area contributed by atoms with Crippen molar-refractivity contribution in [1.29, 1.82) is 0 Å². The zero-order valence-electron chi connectivity index (χ0n) is 16.3. The molecule has 2 aromatic heterocycles. The van der Waals surface area contributed by atoms with Crippen LogP contribution < -0.4 is 5.32 Å². The number of anilines is 1. The molecule has 31 heavy (non-hydrogen) atoms. The number of rotatable bonds is 4. The fraction of sp³-hybridized carbons (Fsp3) is 0.0400. The van der Waals surface area contributed by atoms with Crippen LogP contribution in [0.5, 0.6) is 0 Å². The minimum absolute atomic E-state index is 0.275. The normalized spacial score (nSPS) is 11.2. The number of hydrogen-bond donors (Lipinski definition) is 1. The third kappa shape index (κ3) is 3.75. The van der Waals surface area contributed by atoms with Crippen molar-refractivity contribution in [3.8, 4) is 0 Å². The van der Waals surface area contributed by atoms with Crippen LogP contribution >= 0.6 is 0 Å². The highest BCUT2D eigenvalue weighted by Gasteiger charge is 2.17. The number of benzene rings is 3. The van der Waals surface area contributed by atoms with Crippen LogP contribution in [0.15, 0.2) is 85.1 Å². The summed E-state index contributed by atoms with van der Waals surface area (Å²) in [7, 11) is 0. The van der Waals surface area contributed by atoms with E-state index in [1.165, 1.54) is 24.3 Å². The van der Waals surface area contributed by atoms with E-state index in [1.54, 1.807) is 41.1 Å². The van der Waals surface area contributed by atoms with Gasteiger partial charge in [0.05, 0.1) is 5.52 Å². The first-order valence-corrected chi connectivity index (χ1v) is 9.76. The van der Waals surface area contributed by atoms with Crippen molar-refractivity contribution < 1.29 is 13.6 Å². The summed E-state index contributed by atoms with van der Waals surface area (Å²) < 4.78 is 29.2. The second kappa shape index (κ2) is 7.65. The topological polar surface area (TPSA) is 46.9 Å². The molecule has 0 saturated carbocycles. The lowest BCUT2D eigenvalue weighted by Crippen LogP contribution is -2.17. The third-order valence-corrected chi connectivity index (χ3v) is 5.19. The molecule has 0 aliphatic rings. The number of nitrogens with zero attached hydrogens (tertiary/aromatic N) is 2. The first-order valence-electron chi connectivity index (χ1n) is 9.76. The van der Waals surface area contributed by atoms with Crippen LogP contribution in [0.4, 0.5) is 14.5 Å². The molecule has 0 unspecified atom stereocenters. The zero-order valence-corrected chi connectivity index (χ0v) is 16.3. The van der Waals surface area contributed by atoms with E-state index in [0.29, 0.717) is 27.8 Å². The molecule has 0 fully saturated rings. The molecule has 5 rings (SSSR count). The van der Waals surface area contributed by atoms with E-state index in [9.17, 15) is 13.6 Å². The van der Waals surface area contributed by atoms with Crippen LogP contribution in [0, 0.1) is 11.6 Å². The molecule has 4 nitrogen and oxygen atoms in total. The summed E-state index contributed by atoms with van der Waals surface area (Å²) in [5.41, 5.74) is 3.21. The van der Waals surface area contributed by atoms with E-state index >= 15 is 0 Å². The second-order valence-electron chi connectivity index (χ2n) is 7.31. The molecule has 0 bridgehead atoms. The molecule has 0 radical (unpaired) electrons. The summed E-state index contributed by atoms with van der Waals surface area (Å²) in [6, 6.07) is 21.4. The first kappa shape index (κ1) is 18.9. The molecule has 0 atom stereocenters. The Morgan fingerprint density at radius 2 is 1.74 bits per heavy atom. The Bertz CT molecular complexity index is 1440. The van der Waals surface area contributed by atoms with Gasteiger partial charge in [0.15, 0.2) is 0 Å². The van der Waals surface area contributed by atoms with Crippen LogP contribution in [0.1, 0.15) is 16.1 Å². The summed E-state index contributed by atoms with van der Waals surface area (Å²) in [6.45, 7) is 0.275. The molecule has 152 valence electrons. The predicted octanol–water partition coefficient (Wildman–Crippen LogP) is 5.77. The van der Waals surface area contributed by atoms with Crippen molar-refractivity contribution in [2.45, 2.75) is 6.54 Å². The van der Waals surface area contributed by atoms with E-state index in [-0.39, 0.29) is 24.1 Å². The fourth-order valence-corrected chi connectivity index (χ4v) is 3.77. The lowest BCUT2D eigenvalue weighted by Gasteiger charge is -2.12. The smallest absolute Gasteiger partial charge is 0.272 e. The number of carbonyl (C=O) groups excluding carboxylic acids is 1. The highest BCUT2D eigenvalue weighted by atomic mass is 19.1. The predicted molar refractivity (Wildman–Crippen MR) is 117 cm³/mol. The van der Waals surface area contributed by atoms with Crippen LogP contribution in [0.25, 0.3) is 21.8 Å². The Labute approximate surface area is 176 Å². The lowest BCUT2D eigenvalue weighted by molar-refractivity contribution is 0.101. The van der Waals surface area contributed by atoms with Crippen molar-refractivity contribution in [2.75, 3.05) is 5.32 Å². The van der Waals surface area contributed by atoms with E-state index in [1.807, 2.05) is 24.3 Å². The van der Waals surface area contributed by atoms with Gasteiger partial charge in [-0.05, 0) is 66.2 Å². The minimum Gasteiger partial charge on any atom is -0.332 e. The number of pyridine rings is 1. The molecular formula is C25H17F2N3O. The number of hydrogen-bond acceptors (Lipinski definition) is 2. The van der Waals surface area contributed by atoms with Gasteiger partial charge in [-0.25, -0.2) is 8.78 Å². The number of amides is 1. The summed E-state index contributed by atoms with van der Waals surface area (Å²) in [4.78, 5) is 17.4. The monoisotopic (exact) mass is 413 g/mol. The van der Waals surface area contributed by atoms with E-state index in [2.05, 4.69) is 10.3 Å². The van der Waals surface area contributed by atoms with Gasteiger partial charge in [0.2, 0.25) is 0 Å². The summed E-state index contributed by atoms with van der Waals surface area (Å²) >= 11 is 0. The van der Waals surface area contributed by atoms with Gasteiger partial charge in [0.25, 0.3) is 5.91 Å². The van der Waals surface area contributed by atoms with Gasteiger partial charge in [-0.1, -0.05) is 18.2 Å². The molecule has 0 saturated heterocycles. The molecule has 0 aliphatic heterocycles. The van der Waals surface area contributed by atoms with Crippen molar-refractivity contribution in [3.05, 3.63) is 108 Å². The zero-order chi connectivity index (χ0) is 21.4. The van der Waals surface area contributed by atoms with Crippen LogP contribution in [-0.2, 0) is 6.54 Å². The van der Waals surface area contributed by atoms with Crippen molar-refractivity contribution in [1.82, 2.24) is 9.55 Å². The van der Waals surface area contributed by atoms with Crippen molar-refractivity contribution in [3.63, 3.8) is 0 Å². The molecule has 5 aromatic rings. The summed E-state index contributed by atoms with van der Waals surface area (Å²) in [5, 5.41) is 4.41. The van der Waals surface area contributed by atoms with Crippen molar-refractivity contribution in [2.24, 2.45) is 0 Å². The fourth-order valence-electron chi connectivity index (χ4n) is 3.77. The highest BCUT2D eigenvalue weighted by molar-refractivity contribution is 6.07. The first-order chi connectivity index (χ1) is 15.1. The third-order valence-electron chi connectivity index (χ3n) is 5.19. The summed E-state index contributed by atoms with van der Waals surface area (Å²) in [6.07, 6.45) is 1.71.